The van der Waals surface area contributed by atoms with Crippen LogP contribution in [0.1, 0.15) is 10.4 Å². The normalized spacial score (nSPS) is 10.7. The van der Waals surface area contributed by atoms with Gasteiger partial charge < -0.3 is 15.2 Å². The van der Waals surface area contributed by atoms with Crippen LogP contribution < -0.4 is 10.1 Å². The Morgan fingerprint density at radius 2 is 1.77 bits per heavy atom. The van der Waals surface area contributed by atoms with Crippen LogP contribution in [0.2, 0.25) is 5.02 Å². The van der Waals surface area contributed by atoms with E-state index in [0.29, 0.717) is 21.8 Å². The van der Waals surface area contributed by atoms with E-state index >= 15 is 0 Å². The molecule has 7 heteroatoms. The van der Waals surface area contributed by atoms with E-state index in [1.54, 1.807) is 19.2 Å². The Bertz CT molecular complexity index is 1200. The summed E-state index contributed by atoms with van der Waals surface area (Å²) >= 11 is 6.07. The highest BCUT2D eigenvalue weighted by atomic mass is 35.5. The summed E-state index contributed by atoms with van der Waals surface area (Å²) in [5, 5.41) is 17.0. The predicted molar refractivity (Wildman–Crippen MR) is 121 cm³/mol. The number of rotatable bonds is 6. The molecule has 0 atom stereocenters. The van der Waals surface area contributed by atoms with Crippen molar-refractivity contribution in [3.8, 4) is 34.0 Å². The van der Waals surface area contributed by atoms with Crippen LogP contribution in [0.15, 0.2) is 78.9 Å². The van der Waals surface area contributed by atoms with Crippen LogP contribution in [-0.4, -0.2) is 34.6 Å². The van der Waals surface area contributed by atoms with Crippen LogP contribution in [0, 0.1) is 0 Å². The second-order valence-corrected chi connectivity index (χ2v) is 7.18. The fourth-order valence-electron chi connectivity index (χ4n) is 3.33. The third kappa shape index (κ3) is 4.30. The van der Waals surface area contributed by atoms with Crippen LogP contribution in [0.3, 0.4) is 0 Å². The fraction of sp³-hybridized carbons (Fsp3) is 0.0833. The Morgan fingerprint density at radius 3 is 2.45 bits per heavy atom. The van der Waals surface area contributed by atoms with Crippen molar-refractivity contribution in [1.82, 2.24) is 15.1 Å². The molecule has 1 amide bonds. The minimum absolute atomic E-state index is 0.370. The van der Waals surface area contributed by atoms with E-state index in [1.165, 1.54) is 0 Å². The van der Waals surface area contributed by atoms with Crippen molar-refractivity contribution in [2.75, 3.05) is 13.8 Å². The number of aromatic nitrogens is 2. The van der Waals surface area contributed by atoms with Gasteiger partial charge in [-0.15, -0.1) is 0 Å². The molecule has 0 aliphatic rings. The number of nitrogens with zero attached hydrogens (tertiary/aromatic N) is 2. The lowest BCUT2D eigenvalue weighted by Gasteiger charge is -2.09. The van der Waals surface area contributed by atoms with E-state index in [1.807, 2.05) is 71.4 Å². The average Bonchev–Trinajstić information content (AvgIpc) is 3.25. The van der Waals surface area contributed by atoms with Gasteiger partial charge in [-0.3, -0.25) is 4.79 Å². The molecule has 0 fully saturated rings. The maximum Gasteiger partial charge on any atom is 0.253 e. The number of aliphatic hydroxyl groups excluding tert-OH is 1. The topological polar surface area (TPSA) is 76.4 Å². The first-order chi connectivity index (χ1) is 15.1. The first kappa shape index (κ1) is 20.7. The van der Waals surface area contributed by atoms with Crippen molar-refractivity contribution in [3.05, 3.63) is 89.4 Å². The van der Waals surface area contributed by atoms with Gasteiger partial charge in [0.1, 0.15) is 12.5 Å². The monoisotopic (exact) mass is 433 g/mol. The highest BCUT2D eigenvalue weighted by Gasteiger charge is 2.18. The number of methoxy groups -OCH3 is 1. The zero-order valence-electron chi connectivity index (χ0n) is 16.7. The fourth-order valence-corrected chi connectivity index (χ4v) is 3.46. The molecule has 1 aromatic heterocycles. The van der Waals surface area contributed by atoms with Gasteiger partial charge in [-0.25, -0.2) is 4.68 Å². The van der Waals surface area contributed by atoms with Crippen LogP contribution in [0.5, 0.6) is 5.75 Å². The zero-order valence-corrected chi connectivity index (χ0v) is 17.5. The van der Waals surface area contributed by atoms with Gasteiger partial charge >= 0.3 is 0 Å². The predicted octanol–water partition coefficient (Wildman–Crippen LogP) is 4.55. The summed E-state index contributed by atoms with van der Waals surface area (Å²) in [6, 6.07) is 24.1. The lowest BCUT2D eigenvalue weighted by atomic mass is 10.0. The Morgan fingerprint density at radius 1 is 1.06 bits per heavy atom. The first-order valence-corrected chi connectivity index (χ1v) is 9.97. The highest BCUT2D eigenvalue weighted by Crippen LogP contribution is 2.31. The minimum atomic E-state index is -0.441. The Labute approximate surface area is 184 Å². The molecule has 4 rings (SSSR count). The first-order valence-electron chi connectivity index (χ1n) is 9.59. The summed E-state index contributed by atoms with van der Waals surface area (Å²) < 4.78 is 7.08. The lowest BCUT2D eigenvalue weighted by molar-refractivity contribution is 0.0911. The molecule has 0 aliphatic heterocycles. The molecule has 0 saturated heterocycles. The van der Waals surface area contributed by atoms with Gasteiger partial charge in [0.15, 0.2) is 0 Å². The van der Waals surface area contributed by atoms with Gasteiger partial charge in [-0.05, 0) is 48.5 Å². The number of amides is 1. The van der Waals surface area contributed by atoms with Crippen molar-refractivity contribution in [2.45, 2.75) is 0 Å². The van der Waals surface area contributed by atoms with E-state index in [-0.39, 0.29) is 5.91 Å². The largest absolute Gasteiger partial charge is 0.497 e. The van der Waals surface area contributed by atoms with Crippen LogP contribution in [-0.2, 0) is 0 Å². The Hall–Kier alpha value is -3.61. The van der Waals surface area contributed by atoms with Gasteiger partial charge in [0.05, 0.1) is 24.2 Å². The second kappa shape index (κ2) is 9.04. The van der Waals surface area contributed by atoms with Crippen molar-refractivity contribution in [1.29, 1.82) is 0 Å². The van der Waals surface area contributed by atoms with Gasteiger partial charge in [-0.1, -0.05) is 41.9 Å². The quantitative estimate of drug-likeness (QED) is 0.437. The summed E-state index contributed by atoms with van der Waals surface area (Å²) in [5.41, 5.74) is 4.33. The molecule has 156 valence electrons. The van der Waals surface area contributed by atoms with Gasteiger partial charge in [0.2, 0.25) is 0 Å². The number of aliphatic hydroxyl groups is 1. The van der Waals surface area contributed by atoms with Crippen LogP contribution in [0.25, 0.3) is 28.2 Å². The molecule has 0 saturated carbocycles. The number of carbonyl (C=O) groups is 1. The summed E-state index contributed by atoms with van der Waals surface area (Å²) in [4.78, 5) is 12.4. The third-order valence-corrected chi connectivity index (χ3v) is 5.11. The number of halogens is 1. The maximum absolute atomic E-state index is 12.4. The SMILES string of the molecule is COc1ccc(-n2nc(-c3ccccc3C(=O)NCO)cc2-c2ccc(Cl)cc2)cc1. The van der Waals surface area contributed by atoms with Gasteiger partial charge in [0, 0.05) is 21.7 Å². The highest BCUT2D eigenvalue weighted by molar-refractivity contribution is 6.30. The van der Waals surface area contributed by atoms with E-state index in [4.69, 9.17) is 26.5 Å². The number of benzene rings is 3. The smallest absolute Gasteiger partial charge is 0.253 e. The molecule has 0 unspecified atom stereocenters. The van der Waals surface area contributed by atoms with E-state index in [9.17, 15) is 4.79 Å². The molecule has 2 N–H and O–H groups in total. The van der Waals surface area contributed by atoms with E-state index in [0.717, 1.165) is 22.7 Å². The Kier molecular flexibility index (Phi) is 6.02. The van der Waals surface area contributed by atoms with Crippen molar-refractivity contribution in [3.63, 3.8) is 0 Å². The number of carbonyl (C=O) groups excluding carboxylic acids is 1. The summed E-state index contributed by atoms with van der Waals surface area (Å²) in [5.74, 6) is 0.375. The second-order valence-electron chi connectivity index (χ2n) is 6.74. The standard InChI is InChI=1S/C24H20ClN3O3/c1-31-19-12-10-18(11-13-19)28-23(16-6-8-17(25)9-7-16)14-22(27-28)20-4-2-3-5-21(20)24(30)26-15-29/h2-14,29H,15H2,1H3,(H,26,30). The molecular weight excluding hydrogens is 414 g/mol. The molecule has 1 heterocycles. The minimum Gasteiger partial charge on any atom is -0.497 e. The van der Waals surface area contributed by atoms with Crippen LogP contribution >= 0.6 is 11.6 Å². The Balaban J connectivity index is 1.88. The molecule has 4 aromatic rings. The van der Waals surface area contributed by atoms with Crippen molar-refractivity contribution >= 4 is 17.5 Å². The van der Waals surface area contributed by atoms with Crippen molar-refractivity contribution in [2.24, 2.45) is 0 Å². The van der Waals surface area contributed by atoms with Crippen LogP contribution in [0.4, 0.5) is 0 Å². The number of ether oxygens (including phenoxy) is 1. The third-order valence-electron chi connectivity index (χ3n) is 4.85. The molecule has 0 radical (unpaired) electrons. The number of hydrogen-bond acceptors (Lipinski definition) is 4. The summed E-state index contributed by atoms with van der Waals surface area (Å²) in [7, 11) is 1.62. The lowest BCUT2D eigenvalue weighted by Crippen LogP contribution is -2.24. The molecule has 0 spiro atoms. The molecular formula is C24H20ClN3O3. The molecule has 0 bridgehead atoms. The van der Waals surface area contributed by atoms with E-state index < -0.39 is 6.73 Å². The van der Waals surface area contributed by atoms with Crippen molar-refractivity contribution < 1.29 is 14.6 Å². The molecule has 3 aromatic carbocycles. The van der Waals surface area contributed by atoms with E-state index in [2.05, 4.69) is 5.32 Å². The maximum atomic E-state index is 12.4. The summed E-state index contributed by atoms with van der Waals surface area (Å²) in [6.07, 6.45) is 0. The number of nitrogens with one attached hydrogen (secondary N) is 1. The summed E-state index contributed by atoms with van der Waals surface area (Å²) in [6.45, 7) is -0.441. The zero-order chi connectivity index (χ0) is 21.8. The van der Waals surface area contributed by atoms with Gasteiger partial charge in [0.25, 0.3) is 5.91 Å². The molecule has 0 aliphatic carbocycles. The molecule has 31 heavy (non-hydrogen) atoms. The average molecular weight is 434 g/mol. The molecule has 6 nitrogen and oxygen atoms in total. The number of hydrogen-bond donors (Lipinski definition) is 2. The van der Waals surface area contributed by atoms with Gasteiger partial charge in [-0.2, -0.15) is 5.10 Å².